The average Bonchev–Trinajstić information content (AvgIpc) is 3.58. The number of carbonyl (C=O) groups excluding carboxylic acids is 2. The van der Waals surface area contributed by atoms with Gasteiger partial charge in [-0.05, 0) is 67.9 Å². The second-order valence-corrected chi connectivity index (χ2v) is 9.71. The van der Waals surface area contributed by atoms with Crippen LogP contribution in [0.15, 0.2) is 42.6 Å². The van der Waals surface area contributed by atoms with Crippen LogP contribution in [0.25, 0.3) is 0 Å². The zero-order chi connectivity index (χ0) is 22.6. The number of rotatable bonds is 5. The molecule has 0 unspecified atom stereocenters. The topological polar surface area (TPSA) is 78.4 Å². The van der Waals surface area contributed by atoms with E-state index in [2.05, 4.69) is 37.4 Å². The van der Waals surface area contributed by atoms with Gasteiger partial charge in [0, 0.05) is 44.0 Å². The molecule has 2 aliphatic heterocycles. The highest BCUT2D eigenvalue weighted by Gasteiger charge is 2.31. The summed E-state index contributed by atoms with van der Waals surface area (Å²) >= 11 is 0. The second kappa shape index (κ2) is 9.89. The van der Waals surface area contributed by atoms with E-state index in [4.69, 9.17) is 0 Å². The molecule has 5 rings (SSSR count). The van der Waals surface area contributed by atoms with Gasteiger partial charge in [0.05, 0.1) is 5.92 Å². The van der Waals surface area contributed by atoms with E-state index in [1.165, 1.54) is 18.4 Å². The van der Waals surface area contributed by atoms with E-state index in [9.17, 15) is 9.59 Å². The van der Waals surface area contributed by atoms with Crippen LogP contribution in [-0.2, 0) is 9.59 Å². The van der Waals surface area contributed by atoms with Crippen molar-refractivity contribution in [2.24, 2.45) is 11.8 Å². The number of piperidine rings is 1. The van der Waals surface area contributed by atoms with Gasteiger partial charge in [0.25, 0.3) is 0 Å². The lowest BCUT2D eigenvalue weighted by atomic mass is 9.88. The van der Waals surface area contributed by atoms with Crippen LogP contribution < -0.4 is 10.2 Å². The molecule has 3 fully saturated rings. The quantitative estimate of drug-likeness (QED) is 0.754. The van der Waals surface area contributed by atoms with Crippen LogP contribution in [0.1, 0.15) is 56.4 Å². The van der Waals surface area contributed by atoms with Gasteiger partial charge < -0.3 is 15.1 Å². The molecule has 3 heterocycles. The van der Waals surface area contributed by atoms with E-state index >= 15 is 0 Å². The van der Waals surface area contributed by atoms with Crippen molar-refractivity contribution in [2.75, 3.05) is 36.4 Å². The predicted octanol–water partition coefficient (Wildman–Crippen LogP) is 3.84. The number of carbonyl (C=O) groups is 2. The fourth-order valence-electron chi connectivity index (χ4n) is 5.59. The molecule has 174 valence electrons. The number of nitrogens with zero attached hydrogens (tertiary/aromatic N) is 4. The first-order valence-electron chi connectivity index (χ1n) is 12.4. The molecule has 0 spiro atoms. The first-order valence-corrected chi connectivity index (χ1v) is 12.4. The molecule has 7 nitrogen and oxygen atoms in total. The number of likely N-dealkylation sites (tertiary alicyclic amines) is 1. The van der Waals surface area contributed by atoms with Crippen molar-refractivity contribution in [3.63, 3.8) is 0 Å². The van der Waals surface area contributed by atoms with Crippen LogP contribution in [-0.4, -0.2) is 53.1 Å². The van der Waals surface area contributed by atoms with E-state index in [1.54, 1.807) is 6.20 Å². The summed E-state index contributed by atoms with van der Waals surface area (Å²) in [4.78, 5) is 29.7. The van der Waals surface area contributed by atoms with Crippen molar-refractivity contribution in [3.05, 3.63) is 48.2 Å². The molecule has 0 bridgehead atoms. The molecule has 2 aromatic rings. The lowest BCUT2D eigenvalue weighted by molar-refractivity contribution is -0.136. The lowest BCUT2D eigenvalue weighted by Crippen LogP contribution is -2.40. The molecule has 2 amide bonds. The highest BCUT2D eigenvalue weighted by atomic mass is 16.2. The highest BCUT2D eigenvalue weighted by Crippen LogP contribution is 2.32. The summed E-state index contributed by atoms with van der Waals surface area (Å²) in [5.74, 6) is 1.98. The Hall–Kier alpha value is -2.96. The van der Waals surface area contributed by atoms with Gasteiger partial charge in [0.1, 0.15) is 0 Å². The molecule has 1 aliphatic carbocycles. The molecule has 1 aromatic heterocycles. The minimum absolute atomic E-state index is 0.0478. The van der Waals surface area contributed by atoms with Gasteiger partial charge >= 0.3 is 0 Å². The maximum Gasteiger partial charge on any atom is 0.229 e. The molecule has 0 radical (unpaired) electrons. The predicted molar refractivity (Wildman–Crippen MR) is 128 cm³/mol. The Balaban J connectivity index is 1.11. The Kier molecular flexibility index (Phi) is 6.55. The SMILES string of the molecule is O=C(Nc1ccc(C2CCN(C(=O)C3CCCC3)CC2)cc1)[C@H]1CCN(c2cccnn2)C1. The number of nitrogens with one attached hydrogen (secondary N) is 1. The van der Waals surface area contributed by atoms with Crippen LogP contribution in [0.2, 0.25) is 0 Å². The lowest BCUT2D eigenvalue weighted by Gasteiger charge is -2.34. The Bertz CT molecular complexity index is 950. The molecule has 33 heavy (non-hydrogen) atoms. The summed E-state index contributed by atoms with van der Waals surface area (Å²) in [5, 5.41) is 11.2. The van der Waals surface area contributed by atoms with Crippen molar-refractivity contribution in [1.82, 2.24) is 15.1 Å². The molecule has 1 aromatic carbocycles. The molecule has 7 heteroatoms. The summed E-state index contributed by atoms with van der Waals surface area (Å²) in [6.45, 7) is 3.21. The minimum Gasteiger partial charge on any atom is -0.354 e. The monoisotopic (exact) mass is 447 g/mol. The molecule has 1 N–H and O–H groups in total. The normalized spacial score (nSPS) is 22.0. The second-order valence-electron chi connectivity index (χ2n) is 9.71. The third kappa shape index (κ3) is 5.02. The van der Waals surface area contributed by atoms with Crippen molar-refractivity contribution >= 4 is 23.3 Å². The number of benzene rings is 1. The maximum absolute atomic E-state index is 12.8. The van der Waals surface area contributed by atoms with E-state index in [0.717, 1.165) is 63.2 Å². The van der Waals surface area contributed by atoms with Gasteiger partial charge in [-0.2, -0.15) is 5.10 Å². The smallest absolute Gasteiger partial charge is 0.229 e. The molecule has 1 saturated carbocycles. The summed E-state index contributed by atoms with van der Waals surface area (Å²) < 4.78 is 0. The van der Waals surface area contributed by atoms with E-state index in [1.807, 2.05) is 24.3 Å². The van der Waals surface area contributed by atoms with Crippen molar-refractivity contribution < 1.29 is 9.59 Å². The standard InChI is InChI=1S/C26H33N5O2/c32-25(22-13-17-31(18-22)24-6-3-14-27-29-24)28-23-9-7-19(8-10-23)20-11-15-30(16-12-20)26(33)21-4-1-2-5-21/h3,6-10,14,20-22H,1-2,4-5,11-13,15-18H2,(H,28,32)/t22-/m0/s1. The number of aromatic nitrogens is 2. The minimum atomic E-state index is -0.0478. The Morgan fingerprint density at radius 3 is 2.33 bits per heavy atom. The molecule has 2 saturated heterocycles. The summed E-state index contributed by atoms with van der Waals surface area (Å²) in [5.41, 5.74) is 2.14. The highest BCUT2D eigenvalue weighted by molar-refractivity contribution is 5.93. The zero-order valence-corrected chi connectivity index (χ0v) is 19.2. The molecular weight excluding hydrogens is 414 g/mol. The van der Waals surface area contributed by atoms with Crippen molar-refractivity contribution in [3.8, 4) is 0 Å². The van der Waals surface area contributed by atoms with E-state index < -0.39 is 0 Å². The van der Waals surface area contributed by atoms with E-state index in [-0.39, 0.29) is 17.7 Å². The van der Waals surface area contributed by atoms with Gasteiger partial charge in [-0.25, -0.2) is 0 Å². The number of anilines is 2. The van der Waals surface area contributed by atoms with Crippen molar-refractivity contribution in [1.29, 1.82) is 0 Å². The first-order chi connectivity index (χ1) is 16.2. The average molecular weight is 448 g/mol. The van der Waals surface area contributed by atoms with Crippen LogP contribution >= 0.6 is 0 Å². The first kappa shape index (κ1) is 21.9. The Labute approximate surface area is 195 Å². The third-order valence-corrected chi connectivity index (χ3v) is 7.60. The third-order valence-electron chi connectivity index (χ3n) is 7.60. The van der Waals surface area contributed by atoms with Gasteiger partial charge in [-0.15, -0.1) is 5.10 Å². The van der Waals surface area contributed by atoms with E-state index in [0.29, 0.717) is 18.4 Å². The number of hydrogen-bond acceptors (Lipinski definition) is 5. The van der Waals surface area contributed by atoms with Crippen LogP contribution in [0, 0.1) is 11.8 Å². The Morgan fingerprint density at radius 2 is 1.64 bits per heavy atom. The summed E-state index contributed by atoms with van der Waals surface area (Å²) in [6.07, 6.45) is 9.07. The van der Waals surface area contributed by atoms with Gasteiger partial charge in [-0.1, -0.05) is 25.0 Å². The van der Waals surface area contributed by atoms with Gasteiger partial charge in [-0.3, -0.25) is 9.59 Å². The molecule has 1 atom stereocenters. The van der Waals surface area contributed by atoms with Crippen LogP contribution in [0.4, 0.5) is 11.5 Å². The van der Waals surface area contributed by atoms with Crippen LogP contribution in [0.3, 0.4) is 0 Å². The fourth-order valence-corrected chi connectivity index (χ4v) is 5.59. The summed E-state index contributed by atoms with van der Waals surface area (Å²) in [6, 6.07) is 12.1. The summed E-state index contributed by atoms with van der Waals surface area (Å²) in [7, 11) is 0. The zero-order valence-electron chi connectivity index (χ0n) is 19.2. The Morgan fingerprint density at radius 1 is 0.879 bits per heavy atom. The number of hydrogen-bond donors (Lipinski definition) is 1. The van der Waals surface area contributed by atoms with Crippen LogP contribution in [0.5, 0.6) is 0 Å². The maximum atomic E-state index is 12.8. The van der Waals surface area contributed by atoms with Crippen molar-refractivity contribution in [2.45, 2.75) is 50.9 Å². The van der Waals surface area contributed by atoms with Gasteiger partial charge in [0.15, 0.2) is 5.82 Å². The molecular formula is C26H33N5O2. The number of amides is 2. The molecule has 3 aliphatic rings. The largest absolute Gasteiger partial charge is 0.354 e. The fraction of sp³-hybridized carbons (Fsp3) is 0.538. The van der Waals surface area contributed by atoms with Gasteiger partial charge in [0.2, 0.25) is 11.8 Å².